The molecule has 108 valence electrons. The molecule has 0 aromatic heterocycles. The molecule has 1 unspecified atom stereocenters. The first-order chi connectivity index (χ1) is 9.35. The number of nitrogens with zero attached hydrogens (tertiary/aromatic N) is 1. The number of nitrogens with one attached hydrogen (secondary N) is 1. The van der Waals surface area contributed by atoms with Crippen LogP contribution in [0.2, 0.25) is 0 Å². The van der Waals surface area contributed by atoms with Crippen LogP contribution in [0.15, 0.2) is 23.1 Å². The maximum atomic E-state index is 12.2. The van der Waals surface area contributed by atoms with Gasteiger partial charge in [0, 0.05) is 0 Å². The first kappa shape index (κ1) is 16.1. The molecule has 0 amide bonds. The van der Waals surface area contributed by atoms with Crippen molar-refractivity contribution < 1.29 is 23.1 Å². The Morgan fingerprint density at radius 1 is 1.55 bits per heavy atom. The zero-order valence-corrected chi connectivity index (χ0v) is 11.8. The lowest BCUT2D eigenvalue weighted by molar-refractivity contribution is -0.143. The minimum Gasteiger partial charge on any atom is -0.468 e. The van der Waals surface area contributed by atoms with Crippen LogP contribution in [0.5, 0.6) is 0 Å². The molecular formula is C12H14N2O5S. The predicted octanol–water partition coefficient (Wildman–Crippen LogP) is -0.321. The summed E-state index contributed by atoms with van der Waals surface area (Å²) >= 11 is 0. The van der Waals surface area contributed by atoms with Crippen molar-refractivity contribution in [2.45, 2.75) is 17.9 Å². The fourth-order valence-electron chi connectivity index (χ4n) is 1.51. The highest BCUT2D eigenvalue weighted by Gasteiger charge is 2.27. The maximum Gasteiger partial charge on any atom is 0.326 e. The normalized spacial score (nSPS) is 12.5. The van der Waals surface area contributed by atoms with Gasteiger partial charge in [0.1, 0.15) is 6.04 Å². The number of benzene rings is 1. The van der Waals surface area contributed by atoms with E-state index in [0.717, 1.165) is 7.11 Å². The van der Waals surface area contributed by atoms with Gasteiger partial charge in [-0.15, -0.1) is 0 Å². The van der Waals surface area contributed by atoms with Crippen LogP contribution >= 0.6 is 0 Å². The Hall–Kier alpha value is -1.95. The highest BCUT2D eigenvalue weighted by molar-refractivity contribution is 7.89. The Bertz CT molecular complexity index is 648. The summed E-state index contributed by atoms with van der Waals surface area (Å²) in [6, 6.07) is 4.61. The molecule has 0 radical (unpaired) electrons. The average Bonchev–Trinajstić information content (AvgIpc) is 2.44. The monoisotopic (exact) mass is 298 g/mol. The van der Waals surface area contributed by atoms with Gasteiger partial charge >= 0.3 is 5.97 Å². The molecule has 0 aliphatic carbocycles. The molecule has 0 fully saturated rings. The molecule has 8 heteroatoms. The number of esters is 1. The van der Waals surface area contributed by atoms with E-state index in [9.17, 15) is 13.2 Å². The largest absolute Gasteiger partial charge is 0.468 e. The zero-order valence-electron chi connectivity index (χ0n) is 11.0. The third kappa shape index (κ3) is 3.54. The molecule has 0 aliphatic heterocycles. The molecule has 1 aromatic rings. The Kier molecular flexibility index (Phi) is 5.21. The van der Waals surface area contributed by atoms with Crippen molar-refractivity contribution in [3.05, 3.63) is 29.3 Å². The van der Waals surface area contributed by atoms with Crippen LogP contribution in [0.4, 0.5) is 0 Å². The van der Waals surface area contributed by atoms with Gasteiger partial charge in [0.15, 0.2) is 0 Å². The number of aryl methyl sites for hydroxylation is 1. The van der Waals surface area contributed by atoms with E-state index in [1.807, 2.05) is 10.8 Å². The van der Waals surface area contributed by atoms with Crippen molar-refractivity contribution in [2.24, 2.45) is 0 Å². The van der Waals surface area contributed by atoms with Gasteiger partial charge < -0.3 is 9.84 Å². The van der Waals surface area contributed by atoms with E-state index in [0.29, 0.717) is 5.56 Å². The molecule has 1 aromatic carbocycles. The van der Waals surface area contributed by atoms with Crippen LogP contribution in [0.3, 0.4) is 0 Å². The molecule has 7 nitrogen and oxygen atoms in total. The Balaban J connectivity index is 3.17. The van der Waals surface area contributed by atoms with Crippen LogP contribution in [-0.2, 0) is 19.6 Å². The van der Waals surface area contributed by atoms with Gasteiger partial charge in [-0.1, -0.05) is 6.07 Å². The molecule has 1 rings (SSSR count). The lowest BCUT2D eigenvalue weighted by atomic mass is 10.2. The number of carbonyl (C=O) groups is 1. The third-order valence-electron chi connectivity index (χ3n) is 2.57. The molecule has 20 heavy (non-hydrogen) atoms. The topological polar surface area (TPSA) is 116 Å². The molecular weight excluding hydrogens is 284 g/mol. The number of nitriles is 1. The second-order valence-electron chi connectivity index (χ2n) is 3.97. The van der Waals surface area contributed by atoms with Crippen molar-refractivity contribution in [1.29, 1.82) is 5.26 Å². The predicted molar refractivity (Wildman–Crippen MR) is 69.1 cm³/mol. The number of aliphatic hydroxyl groups is 1. The summed E-state index contributed by atoms with van der Waals surface area (Å²) < 4.78 is 30.8. The van der Waals surface area contributed by atoms with Gasteiger partial charge in [-0.2, -0.15) is 9.98 Å². The number of methoxy groups -OCH3 is 1. The van der Waals surface area contributed by atoms with Crippen LogP contribution in [-0.4, -0.2) is 39.3 Å². The molecule has 0 spiro atoms. The molecule has 0 saturated heterocycles. The highest BCUT2D eigenvalue weighted by Crippen LogP contribution is 2.17. The summed E-state index contributed by atoms with van der Waals surface area (Å²) in [5.74, 6) is -0.898. The maximum absolute atomic E-state index is 12.2. The summed E-state index contributed by atoms with van der Waals surface area (Å²) in [7, 11) is -2.97. The average molecular weight is 298 g/mol. The zero-order chi connectivity index (χ0) is 15.3. The van der Waals surface area contributed by atoms with Crippen molar-refractivity contribution in [2.75, 3.05) is 13.7 Å². The number of hydrogen-bond acceptors (Lipinski definition) is 6. The van der Waals surface area contributed by atoms with Gasteiger partial charge in [-0.05, 0) is 24.6 Å². The Labute approximate surface area is 116 Å². The molecule has 0 saturated carbocycles. The van der Waals surface area contributed by atoms with Gasteiger partial charge in [-0.3, -0.25) is 4.79 Å². The number of ether oxygens (including phenoxy) is 1. The van der Waals surface area contributed by atoms with Gasteiger partial charge in [0.05, 0.1) is 30.2 Å². The van der Waals surface area contributed by atoms with Crippen molar-refractivity contribution in [3.63, 3.8) is 0 Å². The second kappa shape index (κ2) is 6.47. The van der Waals surface area contributed by atoms with Crippen molar-refractivity contribution in [3.8, 4) is 6.07 Å². The van der Waals surface area contributed by atoms with E-state index in [2.05, 4.69) is 4.74 Å². The van der Waals surface area contributed by atoms with E-state index in [1.54, 1.807) is 6.92 Å². The summed E-state index contributed by atoms with van der Waals surface area (Å²) in [6.45, 7) is 0.824. The van der Waals surface area contributed by atoms with Crippen LogP contribution in [0.1, 0.15) is 11.1 Å². The molecule has 0 heterocycles. The second-order valence-corrected chi connectivity index (χ2v) is 5.65. The fourth-order valence-corrected chi connectivity index (χ4v) is 2.96. The van der Waals surface area contributed by atoms with Gasteiger partial charge in [0.2, 0.25) is 10.0 Å². The summed E-state index contributed by atoms with van der Waals surface area (Å²) in [5, 5.41) is 17.8. The van der Waals surface area contributed by atoms with Gasteiger partial charge in [0.25, 0.3) is 0 Å². The lowest BCUT2D eigenvalue weighted by Gasteiger charge is -2.15. The highest BCUT2D eigenvalue weighted by atomic mass is 32.2. The van der Waals surface area contributed by atoms with Gasteiger partial charge in [-0.25, -0.2) is 8.42 Å². The SMILES string of the molecule is COC(=O)C(CO)NS(=O)(=O)c1cc(C#N)ccc1C. The molecule has 2 N–H and O–H groups in total. The summed E-state index contributed by atoms with van der Waals surface area (Å²) in [6.07, 6.45) is 0. The smallest absolute Gasteiger partial charge is 0.326 e. The number of rotatable bonds is 5. The number of hydrogen-bond donors (Lipinski definition) is 2. The third-order valence-corrected chi connectivity index (χ3v) is 4.19. The summed E-state index contributed by atoms with van der Waals surface area (Å²) in [5.41, 5.74) is 0.590. The fraction of sp³-hybridized carbons (Fsp3) is 0.333. The van der Waals surface area contributed by atoms with E-state index in [-0.39, 0.29) is 10.5 Å². The van der Waals surface area contributed by atoms with E-state index in [1.165, 1.54) is 18.2 Å². The standard InChI is InChI=1S/C12H14N2O5S/c1-8-3-4-9(6-13)5-11(8)20(17,18)14-10(7-15)12(16)19-2/h3-5,10,14-15H,7H2,1-2H3. The van der Waals surface area contributed by atoms with Crippen LogP contribution in [0, 0.1) is 18.3 Å². The van der Waals surface area contributed by atoms with Crippen LogP contribution in [0.25, 0.3) is 0 Å². The lowest BCUT2D eigenvalue weighted by Crippen LogP contribution is -2.44. The first-order valence-corrected chi connectivity index (χ1v) is 7.05. The van der Waals surface area contributed by atoms with E-state index < -0.39 is 28.6 Å². The molecule has 1 atom stereocenters. The van der Waals surface area contributed by atoms with Crippen molar-refractivity contribution >= 4 is 16.0 Å². The number of aliphatic hydroxyl groups excluding tert-OH is 1. The molecule has 0 aliphatic rings. The van der Waals surface area contributed by atoms with E-state index >= 15 is 0 Å². The first-order valence-electron chi connectivity index (χ1n) is 5.57. The minimum atomic E-state index is -4.05. The van der Waals surface area contributed by atoms with E-state index in [4.69, 9.17) is 10.4 Å². The summed E-state index contributed by atoms with van der Waals surface area (Å²) in [4.78, 5) is 11.2. The quantitative estimate of drug-likeness (QED) is 0.719. The number of carbonyl (C=O) groups excluding carboxylic acids is 1. The van der Waals surface area contributed by atoms with Crippen molar-refractivity contribution in [1.82, 2.24) is 4.72 Å². The number of sulfonamides is 1. The van der Waals surface area contributed by atoms with Crippen LogP contribution < -0.4 is 4.72 Å². The molecule has 0 bridgehead atoms. The Morgan fingerprint density at radius 3 is 2.70 bits per heavy atom. The minimum absolute atomic E-state index is 0.126. The Morgan fingerprint density at radius 2 is 2.20 bits per heavy atom.